The summed E-state index contributed by atoms with van der Waals surface area (Å²) >= 11 is 0.932. The molecule has 67 heavy (non-hydrogen) atoms. The number of oxime groups is 1. The van der Waals surface area contributed by atoms with Gasteiger partial charge in [0.1, 0.15) is 39.8 Å². The number of thiazole rings is 1. The summed E-state index contributed by atoms with van der Waals surface area (Å²) in [6.45, 7) is 21.9. The summed E-state index contributed by atoms with van der Waals surface area (Å²) in [6.07, 6.45) is -1.39. The Balaban J connectivity index is 1.55. The molecule has 2 aliphatic rings. The van der Waals surface area contributed by atoms with E-state index in [0.717, 1.165) is 16.2 Å². The third kappa shape index (κ3) is 16.7. The highest BCUT2D eigenvalue weighted by Crippen LogP contribution is 2.40. The second kappa shape index (κ2) is 20.9. The van der Waals surface area contributed by atoms with Crippen LogP contribution in [-0.2, 0) is 44.7 Å². The highest BCUT2D eigenvalue weighted by atomic mass is 32.1. The van der Waals surface area contributed by atoms with E-state index in [-0.39, 0.29) is 55.0 Å². The number of hydrogen-bond acceptors (Lipinski definition) is 17. The zero-order valence-corrected chi connectivity index (χ0v) is 40.8. The molecule has 1 saturated carbocycles. The van der Waals surface area contributed by atoms with E-state index in [1.165, 1.54) is 16.4 Å². The Morgan fingerprint density at radius 2 is 1.51 bits per heavy atom. The van der Waals surface area contributed by atoms with Gasteiger partial charge in [0.2, 0.25) is 17.5 Å². The SMILES string of the molecule is CC(c1cnn(C[C@@H]2NC(=O)[C@H]2NC(=O)C(=NOC2(C(=O)O)CC2)c2csc(NC(=O)OC(C)(C)C)n2)n1)N(C(=O)OC(C)(C)C)/C(=N\C(=O)OC(C)(C)C)NCCCNC(=O)OC(C)(C)C. The number of carbonyl (C=O) groups excluding carboxylic acids is 6. The molecule has 2 aromatic rings. The second-order valence-electron chi connectivity index (χ2n) is 19.5. The Morgan fingerprint density at radius 3 is 2.07 bits per heavy atom. The molecular formula is C41H62N12O13S. The van der Waals surface area contributed by atoms with Gasteiger partial charge in [-0.25, -0.2) is 33.9 Å². The topological polar surface area (TPSA) is 318 Å². The fraction of sp³-hybridized carbons (Fsp3) is 0.659. The van der Waals surface area contributed by atoms with E-state index < -0.39 is 94.0 Å². The van der Waals surface area contributed by atoms with Crippen LogP contribution < -0.4 is 26.6 Å². The van der Waals surface area contributed by atoms with Crippen molar-refractivity contribution < 1.29 is 62.5 Å². The third-order valence-electron chi connectivity index (χ3n) is 8.72. The molecule has 3 heterocycles. The Kier molecular flexibility index (Phi) is 16.6. The van der Waals surface area contributed by atoms with Crippen LogP contribution in [0.1, 0.15) is 127 Å². The predicted molar refractivity (Wildman–Crippen MR) is 240 cm³/mol. The van der Waals surface area contributed by atoms with Crippen LogP contribution in [-0.4, -0.2) is 137 Å². The highest BCUT2D eigenvalue weighted by molar-refractivity contribution is 7.14. The highest BCUT2D eigenvalue weighted by Gasteiger charge is 2.55. The minimum absolute atomic E-state index is 0.0371. The first-order chi connectivity index (χ1) is 30.8. The number of carboxylic acids is 1. The minimum Gasteiger partial charge on any atom is -0.478 e. The number of nitrogens with zero attached hydrogens (tertiary/aromatic N) is 7. The zero-order valence-electron chi connectivity index (χ0n) is 40.0. The third-order valence-corrected chi connectivity index (χ3v) is 9.48. The van der Waals surface area contributed by atoms with E-state index in [9.17, 15) is 38.7 Å². The number of aromatic nitrogens is 4. The molecule has 0 radical (unpaired) electrons. The van der Waals surface area contributed by atoms with Gasteiger partial charge in [0.05, 0.1) is 24.8 Å². The number of aliphatic carboxylic acids is 1. The number of nitrogens with one attached hydrogen (secondary N) is 5. The van der Waals surface area contributed by atoms with Gasteiger partial charge in [-0.3, -0.25) is 14.9 Å². The van der Waals surface area contributed by atoms with E-state index in [1.54, 1.807) is 90.0 Å². The van der Waals surface area contributed by atoms with Crippen molar-refractivity contribution >= 4 is 70.3 Å². The zero-order chi connectivity index (χ0) is 50.3. The van der Waals surface area contributed by atoms with Crippen molar-refractivity contribution in [3.05, 3.63) is 23.0 Å². The normalized spacial score (nSPS) is 17.7. The lowest BCUT2D eigenvalue weighted by atomic mass is 9.98. The summed E-state index contributed by atoms with van der Waals surface area (Å²) < 4.78 is 21.7. The van der Waals surface area contributed by atoms with Gasteiger partial charge in [-0.15, -0.1) is 16.3 Å². The second-order valence-corrected chi connectivity index (χ2v) is 20.4. The van der Waals surface area contributed by atoms with Crippen molar-refractivity contribution in [1.82, 2.24) is 46.1 Å². The van der Waals surface area contributed by atoms with Crippen molar-refractivity contribution in [2.45, 2.75) is 162 Å². The molecule has 1 aliphatic carbocycles. The lowest BCUT2D eigenvalue weighted by Gasteiger charge is -2.36. The summed E-state index contributed by atoms with van der Waals surface area (Å²) in [7, 11) is 0. The Bertz CT molecular complexity index is 2230. The molecule has 3 atom stereocenters. The van der Waals surface area contributed by atoms with Crippen molar-refractivity contribution in [1.29, 1.82) is 0 Å². The Labute approximate surface area is 391 Å². The standard InChI is InChI=1S/C41H62N12O13S/c1-22(53(36(61)65-40(11,12)13)31(48-34(59)63-38(5,6)7)42-17-14-18-43-33(58)62-37(2,3)4)23-19-44-52(50-23)20-24-26(28(54)45-24)47-29(55)27(51-66-41(15-16-41)30(56)57)25-21-67-32(46-25)49-35(60)64-39(8,9)10/h19,21-22,24,26H,14-18,20H2,1-13H3,(H,43,58)(H,45,54)(H,47,55)(H,56,57)(H,42,48,59)(H,46,49,60)/t22?,24-,26-/m0/s1. The largest absolute Gasteiger partial charge is 0.478 e. The molecule has 2 fully saturated rings. The summed E-state index contributed by atoms with van der Waals surface area (Å²) in [5.74, 6) is -3.04. The molecule has 2 aromatic heterocycles. The first kappa shape index (κ1) is 53.0. The van der Waals surface area contributed by atoms with Crippen LogP contribution >= 0.6 is 11.3 Å². The Morgan fingerprint density at radius 1 is 0.910 bits per heavy atom. The fourth-order valence-electron chi connectivity index (χ4n) is 5.58. The van der Waals surface area contributed by atoms with Gasteiger partial charge in [-0.2, -0.15) is 15.0 Å². The monoisotopic (exact) mass is 962 g/mol. The molecule has 370 valence electrons. The number of aliphatic imine (C=N–C) groups is 1. The number of hydrogen-bond donors (Lipinski definition) is 6. The molecular weight excluding hydrogens is 901 g/mol. The summed E-state index contributed by atoms with van der Waals surface area (Å²) in [6, 6.07) is -2.96. The van der Waals surface area contributed by atoms with Gasteiger partial charge in [0.15, 0.2) is 10.8 Å². The van der Waals surface area contributed by atoms with Crippen LogP contribution in [0.25, 0.3) is 0 Å². The molecule has 1 aliphatic heterocycles. The maximum Gasteiger partial charge on any atom is 0.437 e. The fourth-order valence-corrected chi connectivity index (χ4v) is 6.26. The summed E-state index contributed by atoms with van der Waals surface area (Å²) in [5.41, 5.74) is -5.43. The first-order valence-corrected chi connectivity index (χ1v) is 22.2. The summed E-state index contributed by atoms with van der Waals surface area (Å²) in [5, 5.41) is 37.2. The lowest BCUT2D eigenvalue weighted by molar-refractivity contribution is -0.153. The van der Waals surface area contributed by atoms with Crippen LogP contribution in [0, 0.1) is 0 Å². The van der Waals surface area contributed by atoms with Crippen molar-refractivity contribution in [2.24, 2.45) is 10.1 Å². The van der Waals surface area contributed by atoms with Crippen LogP contribution in [0.15, 0.2) is 21.7 Å². The number of β-lactam (4-membered cyclic amide) rings is 1. The van der Waals surface area contributed by atoms with Gasteiger partial charge in [-0.1, -0.05) is 5.16 Å². The van der Waals surface area contributed by atoms with Gasteiger partial charge in [0.25, 0.3) is 5.91 Å². The molecule has 4 rings (SSSR count). The molecule has 25 nitrogen and oxygen atoms in total. The number of rotatable bonds is 15. The smallest absolute Gasteiger partial charge is 0.437 e. The van der Waals surface area contributed by atoms with E-state index in [2.05, 4.69) is 51.9 Å². The average Bonchev–Trinajstić information content (AvgIpc) is 3.57. The maximum absolute atomic E-state index is 13.9. The number of guanidine groups is 1. The number of amides is 6. The quantitative estimate of drug-likeness (QED) is 0.0364. The van der Waals surface area contributed by atoms with Crippen molar-refractivity contribution in [3.8, 4) is 0 Å². The maximum atomic E-state index is 13.9. The number of alkyl carbamates (subject to hydrolysis) is 1. The average molecular weight is 963 g/mol. The lowest BCUT2D eigenvalue weighted by Crippen LogP contribution is -2.70. The summed E-state index contributed by atoms with van der Waals surface area (Å²) in [4.78, 5) is 106. The van der Waals surface area contributed by atoms with Gasteiger partial charge < -0.3 is 50.2 Å². The van der Waals surface area contributed by atoms with E-state index >= 15 is 0 Å². The van der Waals surface area contributed by atoms with Gasteiger partial charge in [-0.05, 0) is 96.4 Å². The molecule has 1 saturated heterocycles. The number of carbonyl (C=O) groups is 7. The van der Waals surface area contributed by atoms with Gasteiger partial charge in [0, 0.05) is 31.3 Å². The van der Waals surface area contributed by atoms with Crippen LogP contribution in [0.5, 0.6) is 0 Å². The Hall–Kier alpha value is -6.60. The first-order valence-electron chi connectivity index (χ1n) is 21.3. The molecule has 6 amide bonds. The number of ether oxygens (including phenoxy) is 4. The van der Waals surface area contributed by atoms with E-state index in [0.29, 0.717) is 6.42 Å². The van der Waals surface area contributed by atoms with Crippen LogP contribution in [0.2, 0.25) is 0 Å². The molecule has 0 bridgehead atoms. The van der Waals surface area contributed by atoms with Crippen LogP contribution in [0.4, 0.5) is 24.3 Å². The van der Waals surface area contributed by atoms with Gasteiger partial charge >= 0.3 is 30.3 Å². The van der Waals surface area contributed by atoms with Crippen molar-refractivity contribution in [3.63, 3.8) is 0 Å². The van der Waals surface area contributed by atoms with Crippen LogP contribution in [0.3, 0.4) is 0 Å². The molecule has 6 N–H and O–H groups in total. The molecule has 1 unspecified atom stereocenters. The van der Waals surface area contributed by atoms with Crippen molar-refractivity contribution in [2.75, 3.05) is 18.4 Å². The number of carboxylic acid groups (broad SMARTS) is 1. The molecule has 0 aromatic carbocycles. The van der Waals surface area contributed by atoms with E-state index in [4.69, 9.17) is 23.8 Å². The molecule has 0 spiro atoms. The number of anilines is 1. The molecule has 26 heteroatoms. The predicted octanol–water partition coefficient (Wildman–Crippen LogP) is 4.20. The minimum atomic E-state index is -1.63. The van der Waals surface area contributed by atoms with E-state index in [1.807, 2.05) is 0 Å².